The molecule has 1 N–H and O–H groups in total. The average molecular weight is 242 g/mol. The fraction of sp³-hybridized carbons (Fsp3) is 0.467. The number of carbonyl (C=O) groups excluding carboxylic acids is 1. The average Bonchev–Trinajstić information content (AvgIpc) is 3.21. The highest BCUT2D eigenvalue weighted by atomic mass is 16.2. The van der Waals surface area contributed by atoms with Crippen LogP contribution in [-0.2, 0) is 10.2 Å². The lowest BCUT2D eigenvalue weighted by atomic mass is 9.92. The molecule has 1 aliphatic rings. The van der Waals surface area contributed by atoms with Crippen molar-refractivity contribution in [1.29, 1.82) is 5.26 Å². The molecule has 0 heterocycles. The molecule has 1 aromatic rings. The van der Waals surface area contributed by atoms with Gasteiger partial charge in [-0.15, -0.1) is 0 Å². The molecule has 94 valence electrons. The molecular weight excluding hydrogens is 224 g/mol. The van der Waals surface area contributed by atoms with Gasteiger partial charge in [0.2, 0.25) is 5.91 Å². The summed E-state index contributed by atoms with van der Waals surface area (Å²) in [6, 6.07) is 12.0. The molecular formula is C15H18N2O. The largest absolute Gasteiger partial charge is 0.337 e. The van der Waals surface area contributed by atoms with E-state index in [9.17, 15) is 4.79 Å². The third kappa shape index (κ3) is 2.11. The first-order valence-electron chi connectivity index (χ1n) is 6.36. The minimum absolute atomic E-state index is 0.0143. The SMILES string of the molecule is CCC(C)(C#N)NC(=O)C1(c2ccccc2)CC1. The van der Waals surface area contributed by atoms with E-state index in [1.54, 1.807) is 6.92 Å². The maximum Gasteiger partial charge on any atom is 0.231 e. The van der Waals surface area contributed by atoms with E-state index < -0.39 is 11.0 Å². The zero-order valence-electron chi connectivity index (χ0n) is 10.9. The second kappa shape index (κ2) is 4.45. The normalized spacial score (nSPS) is 19.4. The van der Waals surface area contributed by atoms with Gasteiger partial charge in [-0.25, -0.2) is 0 Å². The van der Waals surface area contributed by atoms with Crippen LogP contribution in [0.3, 0.4) is 0 Å². The number of nitriles is 1. The lowest BCUT2D eigenvalue weighted by molar-refractivity contribution is -0.124. The second-order valence-electron chi connectivity index (χ2n) is 5.20. The van der Waals surface area contributed by atoms with Crippen LogP contribution >= 0.6 is 0 Å². The van der Waals surface area contributed by atoms with Gasteiger partial charge in [0.1, 0.15) is 5.54 Å². The van der Waals surface area contributed by atoms with Crippen LogP contribution in [0.25, 0.3) is 0 Å². The quantitative estimate of drug-likeness (QED) is 0.882. The fourth-order valence-electron chi connectivity index (χ4n) is 2.09. The van der Waals surface area contributed by atoms with E-state index in [1.807, 2.05) is 37.3 Å². The molecule has 1 aliphatic carbocycles. The summed E-state index contributed by atoms with van der Waals surface area (Å²) in [6.07, 6.45) is 2.35. The van der Waals surface area contributed by atoms with Crippen molar-refractivity contribution in [3.63, 3.8) is 0 Å². The molecule has 1 amide bonds. The van der Waals surface area contributed by atoms with Crippen LogP contribution in [0.5, 0.6) is 0 Å². The maximum atomic E-state index is 12.4. The van der Waals surface area contributed by atoms with Gasteiger partial charge in [-0.2, -0.15) is 5.26 Å². The molecule has 1 unspecified atom stereocenters. The van der Waals surface area contributed by atoms with Crippen LogP contribution < -0.4 is 5.32 Å². The van der Waals surface area contributed by atoms with Crippen molar-refractivity contribution >= 4 is 5.91 Å². The summed E-state index contributed by atoms with van der Waals surface area (Å²) in [7, 11) is 0. The van der Waals surface area contributed by atoms with Gasteiger partial charge in [-0.05, 0) is 31.7 Å². The third-order valence-electron chi connectivity index (χ3n) is 3.85. The van der Waals surface area contributed by atoms with Gasteiger partial charge in [0.25, 0.3) is 0 Å². The van der Waals surface area contributed by atoms with E-state index in [-0.39, 0.29) is 5.91 Å². The summed E-state index contributed by atoms with van der Waals surface area (Å²) >= 11 is 0. The van der Waals surface area contributed by atoms with E-state index in [2.05, 4.69) is 11.4 Å². The van der Waals surface area contributed by atoms with Gasteiger partial charge in [-0.1, -0.05) is 37.3 Å². The molecule has 1 aromatic carbocycles. The summed E-state index contributed by atoms with van der Waals surface area (Å²) in [5.74, 6) is -0.0143. The first-order valence-corrected chi connectivity index (χ1v) is 6.36. The number of carbonyl (C=O) groups is 1. The zero-order valence-corrected chi connectivity index (χ0v) is 10.9. The van der Waals surface area contributed by atoms with E-state index in [1.165, 1.54) is 0 Å². The number of hydrogen-bond donors (Lipinski definition) is 1. The Bertz CT molecular complexity index is 485. The Balaban J connectivity index is 2.18. The predicted molar refractivity (Wildman–Crippen MR) is 69.8 cm³/mol. The van der Waals surface area contributed by atoms with Crippen LogP contribution in [0.15, 0.2) is 30.3 Å². The van der Waals surface area contributed by atoms with E-state index in [0.717, 1.165) is 18.4 Å². The standard InChI is InChI=1S/C15H18N2O/c1-3-14(2,11-16)17-13(18)15(9-10-15)12-7-5-4-6-8-12/h4-8H,3,9-10H2,1-2H3,(H,17,18). The minimum Gasteiger partial charge on any atom is -0.337 e. The van der Waals surface area contributed by atoms with Gasteiger partial charge in [-0.3, -0.25) is 4.79 Å². The van der Waals surface area contributed by atoms with Crippen molar-refractivity contribution in [3.8, 4) is 6.07 Å². The van der Waals surface area contributed by atoms with Crippen LogP contribution in [0.2, 0.25) is 0 Å². The number of nitrogens with zero attached hydrogens (tertiary/aromatic N) is 1. The molecule has 18 heavy (non-hydrogen) atoms. The number of nitrogens with one attached hydrogen (secondary N) is 1. The fourth-order valence-corrected chi connectivity index (χ4v) is 2.09. The van der Waals surface area contributed by atoms with Gasteiger partial charge in [0.15, 0.2) is 0 Å². The van der Waals surface area contributed by atoms with Gasteiger partial charge in [0, 0.05) is 0 Å². The lowest BCUT2D eigenvalue weighted by Gasteiger charge is -2.25. The molecule has 0 radical (unpaired) electrons. The zero-order chi connectivity index (χ0) is 13.2. The summed E-state index contributed by atoms with van der Waals surface area (Å²) in [6.45, 7) is 3.68. The van der Waals surface area contributed by atoms with E-state index in [0.29, 0.717) is 6.42 Å². The highest BCUT2D eigenvalue weighted by Crippen LogP contribution is 2.48. The van der Waals surface area contributed by atoms with Crippen molar-refractivity contribution in [3.05, 3.63) is 35.9 Å². The lowest BCUT2D eigenvalue weighted by Crippen LogP contribution is -2.48. The molecule has 0 aromatic heterocycles. The Morgan fingerprint density at radius 1 is 1.44 bits per heavy atom. The van der Waals surface area contributed by atoms with Crippen molar-refractivity contribution in [1.82, 2.24) is 5.32 Å². The number of rotatable bonds is 4. The summed E-state index contributed by atoms with van der Waals surface area (Å²) in [4.78, 5) is 12.4. The molecule has 0 bridgehead atoms. The molecule has 2 rings (SSSR count). The van der Waals surface area contributed by atoms with E-state index >= 15 is 0 Å². The van der Waals surface area contributed by atoms with Gasteiger partial charge < -0.3 is 5.32 Å². The third-order valence-corrected chi connectivity index (χ3v) is 3.85. The maximum absolute atomic E-state index is 12.4. The van der Waals surface area contributed by atoms with Crippen LogP contribution in [-0.4, -0.2) is 11.4 Å². The molecule has 3 heteroatoms. The summed E-state index contributed by atoms with van der Waals surface area (Å²) in [5, 5.41) is 12.0. The van der Waals surface area contributed by atoms with Crippen molar-refractivity contribution in [2.75, 3.05) is 0 Å². The highest BCUT2D eigenvalue weighted by molar-refractivity contribution is 5.92. The summed E-state index contributed by atoms with van der Waals surface area (Å²) in [5.41, 5.74) is -0.102. The minimum atomic E-state index is -0.762. The van der Waals surface area contributed by atoms with Crippen LogP contribution in [0, 0.1) is 11.3 Å². The molecule has 1 fully saturated rings. The van der Waals surface area contributed by atoms with Crippen molar-refractivity contribution in [2.45, 2.75) is 44.1 Å². The number of hydrogen-bond acceptors (Lipinski definition) is 2. The van der Waals surface area contributed by atoms with Crippen molar-refractivity contribution in [2.24, 2.45) is 0 Å². The Hall–Kier alpha value is -1.82. The molecule has 0 spiro atoms. The van der Waals surface area contributed by atoms with Crippen LogP contribution in [0.4, 0.5) is 0 Å². The molecule has 1 saturated carbocycles. The molecule has 1 atom stereocenters. The Morgan fingerprint density at radius 2 is 2.06 bits per heavy atom. The monoisotopic (exact) mass is 242 g/mol. The Labute approximate surface area is 108 Å². The Kier molecular flexibility index (Phi) is 3.13. The molecule has 0 aliphatic heterocycles. The second-order valence-corrected chi connectivity index (χ2v) is 5.20. The topological polar surface area (TPSA) is 52.9 Å². The van der Waals surface area contributed by atoms with Gasteiger partial charge in [0.05, 0.1) is 11.5 Å². The smallest absolute Gasteiger partial charge is 0.231 e. The molecule has 3 nitrogen and oxygen atoms in total. The first-order chi connectivity index (χ1) is 8.56. The van der Waals surface area contributed by atoms with E-state index in [4.69, 9.17) is 5.26 Å². The predicted octanol–water partition coefficient (Wildman–Crippen LogP) is 2.53. The Morgan fingerprint density at radius 3 is 2.50 bits per heavy atom. The van der Waals surface area contributed by atoms with Crippen LogP contribution in [0.1, 0.15) is 38.7 Å². The van der Waals surface area contributed by atoms with Gasteiger partial charge >= 0.3 is 0 Å². The first kappa shape index (κ1) is 12.6. The molecule has 0 saturated heterocycles. The highest BCUT2D eigenvalue weighted by Gasteiger charge is 2.52. The summed E-state index contributed by atoms with van der Waals surface area (Å²) < 4.78 is 0. The number of benzene rings is 1. The van der Waals surface area contributed by atoms with Crippen molar-refractivity contribution < 1.29 is 4.79 Å². The number of amides is 1.